The van der Waals surface area contributed by atoms with Gasteiger partial charge in [-0.3, -0.25) is 9.59 Å². The lowest BCUT2D eigenvalue weighted by molar-refractivity contribution is -0.142. The van der Waals surface area contributed by atoms with Crippen molar-refractivity contribution in [2.75, 3.05) is 19.8 Å². The first-order valence-electron chi connectivity index (χ1n) is 5.52. The Morgan fingerprint density at radius 2 is 1.63 bits per heavy atom. The summed E-state index contributed by atoms with van der Waals surface area (Å²) < 4.78 is 0. The average Bonchev–Trinajstić information content (AvgIpc) is 2.42. The van der Waals surface area contributed by atoms with Gasteiger partial charge in [0.25, 0.3) is 0 Å². The molecule has 0 aliphatic heterocycles. The van der Waals surface area contributed by atoms with Gasteiger partial charge in [0, 0.05) is 6.42 Å². The van der Waals surface area contributed by atoms with E-state index in [2.05, 4.69) is 0 Å². The zero-order valence-corrected chi connectivity index (χ0v) is 10.3. The van der Waals surface area contributed by atoms with E-state index < -0.39 is 43.3 Å². The third-order valence-electron chi connectivity index (χ3n) is 1.99. The Hall–Kier alpha value is -1.10. The van der Waals surface area contributed by atoms with Gasteiger partial charge in [0.2, 0.25) is 0 Å². The van der Waals surface area contributed by atoms with Crippen molar-refractivity contribution in [2.45, 2.75) is 31.2 Å². The van der Waals surface area contributed by atoms with Crippen molar-refractivity contribution in [1.82, 2.24) is 0 Å². The summed E-state index contributed by atoms with van der Waals surface area (Å²) in [4.78, 5) is 20.2. The number of carboxylic acids is 1. The number of carboxylic acid groups (broad SMARTS) is 1. The molecule has 0 aromatic heterocycles. The van der Waals surface area contributed by atoms with E-state index in [9.17, 15) is 9.59 Å². The van der Waals surface area contributed by atoms with Gasteiger partial charge in [-0.2, -0.15) is 0 Å². The molecule has 0 fully saturated rings. The van der Waals surface area contributed by atoms with Crippen LogP contribution in [0.5, 0.6) is 0 Å². The highest BCUT2D eigenvalue weighted by atomic mass is 16.4. The first-order chi connectivity index (χ1) is 8.81. The summed E-state index contributed by atoms with van der Waals surface area (Å²) in [6.45, 7) is -1.22. The number of aliphatic hydroxyl groups excluding tert-OH is 5. The van der Waals surface area contributed by atoms with E-state index in [-0.39, 0.29) is 6.42 Å². The van der Waals surface area contributed by atoms with Crippen molar-refractivity contribution in [2.24, 2.45) is 5.73 Å². The molecule has 0 unspecified atom stereocenters. The lowest BCUT2D eigenvalue weighted by Crippen LogP contribution is -2.44. The molecule has 8 N–H and O–H groups in total. The predicted molar refractivity (Wildman–Crippen MR) is 63.1 cm³/mol. The van der Waals surface area contributed by atoms with Crippen LogP contribution in [0.1, 0.15) is 12.8 Å². The summed E-state index contributed by atoms with van der Waals surface area (Å²) in [6.07, 6.45) is -4.45. The SMILES string of the molecule is NCCCC(=O)O.O=C(CO)[C@H](O)[C@@H](O)[C@H](O)CO. The molecule has 0 radical (unpaired) electrons. The second kappa shape index (κ2) is 12.0. The van der Waals surface area contributed by atoms with E-state index in [0.29, 0.717) is 13.0 Å². The van der Waals surface area contributed by atoms with Gasteiger partial charge in [0.05, 0.1) is 6.61 Å². The van der Waals surface area contributed by atoms with Gasteiger partial charge >= 0.3 is 5.97 Å². The van der Waals surface area contributed by atoms with Gasteiger partial charge in [-0.05, 0) is 13.0 Å². The molecule has 0 aliphatic rings. The standard InChI is InChI=1S/C6H12O6.C4H9NO2/c7-1-3(9)5(11)6(12)4(10)2-8;5-3-1-2-4(6)7/h3,5-9,11-12H,1-2H2;1-3,5H2,(H,6,7)/t3-,5+,6+;/m1./s1. The zero-order valence-electron chi connectivity index (χ0n) is 10.3. The van der Waals surface area contributed by atoms with Gasteiger partial charge in [-0.15, -0.1) is 0 Å². The van der Waals surface area contributed by atoms with Crippen LogP contribution in [0.4, 0.5) is 0 Å². The molecular weight excluding hydrogens is 262 g/mol. The molecule has 0 bridgehead atoms. The fourth-order valence-electron chi connectivity index (χ4n) is 0.856. The number of carbonyl (C=O) groups is 2. The number of carbonyl (C=O) groups excluding carboxylic acids is 1. The highest BCUT2D eigenvalue weighted by molar-refractivity contribution is 5.84. The maximum absolute atomic E-state index is 10.5. The van der Waals surface area contributed by atoms with Crippen LogP contribution < -0.4 is 5.73 Å². The molecule has 0 aromatic rings. The van der Waals surface area contributed by atoms with Crippen LogP contribution >= 0.6 is 0 Å². The van der Waals surface area contributed by atoms with Crippen LogP contribution in [-0.4, -0.2) is 80.5 Å². The van der Waals surface area contributed by atoms with Crippen LogP contribution in [0.15, 0.2) is 0 Å². The number of nitrogens with two attached hydrogens (primary N) is 1. The fraction of sp³-hybridized carbons (Fsp3) is 0.800. The second-order valence-corrected chi connectivity index (χ2v) is 3.60. The van der Waals surface area contributed by atoms with E-state index >= 15 is 0 Å². The molecule has 0 aliphatic carbocycles. The molecule has 3 atom stereocenters. The van der Waals surface area contributed by atoms with Crippen molar-refractivity contribution in [3.8, 4) is 0 Å². The smallest absolute Gasteiger partial charge is 0.303 e. The van der Waals surface area contributed by atoms with Crippen LogP contribution in [0.3, 0.4) is 0 Å². The zero-order chi connectivity index (χ0) is 15.4. The molecule has 0 saturated carbocycles. The minimum Gasteiger partial charge on any atom is -0.481 e. The Labute approximate surface area is 109 Å². The van der Waals surface area contributed by atoms with Gasteiger partial charge in [-0.1, -0.05) is 0 Å². The summed E-state index contributed by atoms with van der Waals surface area (Å²) in [5.74, 6) is -1.78. The van der Waals surface area contributed by atoms with E-state index in [1.165, 1.54) is 0 Å². The summed E-state index contributed by atoms with van der Waals surface area (Å²) >= 11 is 0. The molecular formula is C10H21NO8. The van der Waals surface area contributed by atoms with Crippen molar-refractivity contribution in [3.63, 3.8) is 0 Å². The first kappa shape index (κ1) is 20.2. The summed E-state index contributed by atoms with van der Waals surface area (Å²) in [7, 11) is 0. The Bertz CT molecular complexity index is 260. The number of Topliss-reactive ketones (excluding diaryl/α,β-unsaturated/α-hetero) is 1. The Kier molecular flexibility index (Phi) is 12.7. The number of aliphatic carboxylic acids is 1. The summed E-state index contributed by atoms with van der Waals surface area (Å²) in [5.41, 5.74) is 5.01. The van der Waals surface area contributed by atoms with Crippen molar-refractivity contribution < 1.29 is 40.2 Å². The Morgan fingerprint density at radius 1 is 1.11 bits per heavy atom. The fourth-order valence-corrected chi connectivity index (χ4v) is 0.856. The van der Waals surface area contributed by atoms with Crippen molar-refractivity contribution in [1.29, 1.82) is 0 Å². The quantitative estimate of drug-likeness (QED) is 0.237. The van der Waals surface area contributed by atoms with Gasteiger partial charge in [-0.25, -0.2) is 0 Å². The molecule has 0 rings (SSSR count). The Balaban J connectivity index is 0. The number of rotatable bonds is 8. The summed E-state index contributed by atoms with van der Waals surface area (Å²) in [6, 6.07) is 0. The van der Waals surface area contributed by atoms with Crippen molar-refractivity contribution >= 4 is 11.8 Å². The predicted octanol–water partition coefficient (Wildman–Crippen LogP) is -3.57. The average molecular weight is 283 g/mol. The minimum absolute atomic E-state index is 0.191. The minimum atomic E-state index is -1.86. The molecule has 0 heterocycles. The lowest BCUT2D eigenvalue weighted by atomic mass is 10.1. The van der Waals surface area contributed by atoms with E-state index in [0.717, 1.165) is 0 Å². The molecule has 114 valence electrons. The maximum Gasteiger partial charge on any atom is 0.303 e. The molecule has 19 heavy (non-hydrogen) atoms. The van der Waals surface area contributed by atoms with Gasteiger partial charge in [0.15, 0.2) is 5.78 Å². The van der Waals surface area contributed by atoms with Crippen LogP contribution in [0.25, 0.3) is 0 Å². The van der Waals surface area contributed by atoms with E-state index in [4.69, 9.17) is 36.4 Å². The molecule has 0 spiro atoms. The van der Waals surface area contributed by atoms with Gasteiger partial charge in [0.1, 0.15) is 24.9 Å². The summed E-state index contributed by atoms with van der Waals surface area (Å²) in [5, 5.41) is 51.0. The number of ketones is 1. The molecule has 9 nitrogen and oxygen atoms in total. The highest BCUT2D eigenvalue weighted by Gasteiger charge is 2.28. The number of hydrogen-bond acceptors (Lipinski definition) is 8. The largest absolute Gasteiger partial charge is 0.481 e. The lowest BCUT2D eigenvalue weighted by Gasteiger charge is -2.19. The van der Waals surface area contributed by atoms with Crippen LogP contribution in [0, 0.1) is 0 Å². The highest BCUT2D eigenvalue weighted by Crippen LogP contribution is 2.00. The number of hydrogen-bond donors (Lipinski definition) is 7. The maximum atomic E-state index is 10.5. The normalized spacial score (nSPS) is 14.8. The third-order valence-corrected chi connectivity index (χ3v) is 1.99. The Morgan fingerprint density at radius 3 is 1.89 bits per heavy atom. The second-order valence-electron chi connectivity index (χ2n) is 3.60. The molecule has 0 amide bonds. The van der Waals surface area contributed by atoms with Crippen molar-refractivity contribution in [3.05, 3.63) is 0 Å². The first-order valence-corrected chi connectivity index (χ1v) is 5.52. The van der Waals surface area contributed by atoms with Gasteiger partial charge < -0.3 is 36.4 Å². The monoisotopic (exact) mass is 283 g/mol. The topological polar surface area (TPSA) is 182 Å². The molecule has 0 saturated heterocycles. The number of aliphatic hydroxyl groups is 5. The van der Waals surface area contributed by atoms with Crippen LogP contribution in [-0.2, 0) is 9.59 Å². The molecule has 9 heteroatoms. The molecule has 0 aromatic carbocycles. The van der Waals surface area contributed by atoms with E-state index in [1.54, 1.807) is 0 Å². The third kappa shape index (κ3) is 10.5. The van der Waals surface area contributed by atoms with E-state index in [1.807, 2.05) is 0 Å². The van der Waals surface area contributed by atoms with Crippen LogP contribution in [0.2, 0.25) is 0 Å².